The van der Waals surface area contributed by atoms with Gasteiger partial charge in [0.25, 0.3) is 5.56 Å². The van der Waals surface area contributed by atoms with Gasteiger partial charge in [-0.2, -0.15) is 5.10 Å². The number of aromatic nitrogens is 1. The standard InChI is InChI=1S/C28H25N3O3/c1-17-9-14-22-23(15-17)29-28(33)27(26(22)20-7-5-4-6-8-20)24-16-25(31(30-24)18(2)32)19-10-12-21(34-3)13-11-19/h4-15,25H,16H2,1-3H3,(H,29,33). The van der Waals surface area contributed by atoms with Crippen molar-refractivity contribution < 1.29 is 9.53 Å². The second-order valence-electron chi connectivity index (χ2n) is 8.52. The number of aromatic amines is 1. The molecule has 5 rings (SSSR count). The van der Waals surface area contributed by atoms with E-state index in [1.165, 1.54) is 11.9 Å². The Bertz CT molecular complexity index is 1470. The predicted octanol–water partition coefficient (Wildman–Crippen LogP) is 5.21. The van der Waals surface area contributed by atoms with E-state index in [4.69, 9.17) is 4.74 Å². The third-order valence-corrected chi connectivity index (χ3v) is 6.25. The summed E-state index contributed by atoms with van der Waals surface area (Å²) in [5, 5.41) is 7.10. The molecule has 34 heavy (non-hydrogen) atoms. The highest BCUT2D eigenvalue weighted by Crippen LogP contribution is 2.37. The lowest BCUT2D eigenvalue weighted by Gasteiger charge is -2.20. The van der Waals surface area contributed by atoms with Crippen LogP contribution in [0.1, 0.15) is 36.1 Å². The lowest BCUT2D eigenvalue weighted by molar-refractivity contribution is -0.130. The molecule has 4 aromatic rings. The molecule has 1 atom stereocenters. The summed E-state index contributed by atoms with van der Waals surface area (Å²) in [5.74, 6) is 0.565. The van der Waals surface area contributed by atoms with E-state index in [0.29, 0.717) is 17.7 Å². The van der Waals surface area contributed by atoms with Crippen LogP contribution in [0.3, 0.4) is 0 Å². The monoisotopic (exact) mass is 451 g/mol. The highest BCUT2D eigenvalue weighted by Gasteiger charge is 2.34. The van der Waals surface area contributed by atoms with Crippen molar-refractivity contribution in [3.63, 3.8) is 0 Å². The summed E-state index contributed by atoms with van der Waals surface area (Å²) in [5.41, 5.74) is 5.43. The Balaban J connectivity index is 1.70. The lowest BCUT2D eigenvalue weighted by Crippen LogP contribution is -2.24. The predicted molar refractivity (Wildman–Crippen MR) is 134 cm³/mol. The number of carbonyl (C=O) groups is 1. The van der Waals surface area contributed by atoms with Crippen molar-refractivity contribution in [2.45, 2.75) is 26.3 Å². The number of nitrogens with zero attached hydrogens (tertiary/aromatic N) is 2. The molecular weight excluding hydrogens is 426 g/mol. The van der Waals surface area contributed by atoms with Gasteiger partial charge in [-0.25, -0.2) is 5.01 Å². The second-order valence-corrected chi connectivity index (χ2v) is 8.52. The van der Waals surface area contributed by atoms with Gasteiger partial charge in [-0.05, 0) is 41.8 Å². The maximum atomic E-state index is 13.5. The molecule has 0 aliphatic carbocycles. The lowest BCUT2D eigenvalue weighted by atomic mass is 9.90. The minimum absolute atomic E-state index is 0.176. The number of benzene rings is 3. The van der Waals surface area contributed by atoms with Crippen molar-refractivity contribution in [2.24, 2.45) is 5.10 Å². The maximum absolute atomic E-state index is 13.5. The van der Waals surface area contributed by atoms with Gasteiger partial charge < -0.3 is 9.72 Å². The quantitative estimate of drug-likeness (QED) is 0.463. The van der Waals surface area contributed by atoms with Gasteiger partial charge >= 0.3 is 0 Å². The van der Waals surface area contributed by atoms with Gasteiger partial charge in [-0.15, -0.1) is 0 Å². The number of H-pyrrole nitrogens is 1. The van der Waals surface area contributed by atoms with Crippen molar-refractivity contribution in [1.82, 2.24) is 9.99 Å². The van der Waals surface area contributed by atoms with Crippen molar-refractivity contribution in [3.8, 4) is 16.9 Å². The first-order valence-electron chi connectivity index (χ1n) is 11.2. The van der Waals surface area contributed by atoms with Crippen molar-refractivity contribution >= 4 is 22.5 Å². The molecule has 1 amide bonds. The molecule has 2 heterocycles. The minimum Gasteiger partial charge on any atom is -0.497 e. The average Bonchev–Trinajstić information content (AvgIpc) is 3.29. The van der Waals surface area contributed by atoms with Crippen LogP contribution in [0.4, 0.5) is 0 Å². The van der Waals surface area contributed by atoms with Crippen LogP contribution in [0.25, 0.3) is 22.0 Å². The Morgan fingerprint density at radius 3 is 2.44 bits per heavy atom. The maximum Gasteiger partial charge on any atom is 0.258 e. The Morgan fingerprint density at radius 2 is 1.76 bits per heavy atom. The van der Waals surface area contributed by atoms with Gasteiger partial charge in [-0.3, -0.25) is 9.59 Å². The summed E-state index contributed by atoms with van der Waals surface area (Å²) in [6.07, 6.45) is 0.437. The molecule has 1 unspecified atom stereocenters. The number of hydrogen-bond donors (Lipinski definition) is 1. The first kappa shape index (κ1) is 21.6. The molecule has 1 aliphatic rings. The van der Waals surface area contributed by atoms with Crippen LogP contribution in [-0.2, 0) is 4.79 Å². The number of fused-ring (bicyclic) bond motifs is 1. The van der Waals surface area contributed by atoms with Gasteiger partial charge in [0.1, 0.15) is 5.75 Å². The summed E-state index contributed by atoms with van der Waals surface area (Å²) in [7, 11) is 1.62. The fraction of sp³-hybridized carbons (Fsp3) is 0.179. The number of methoxy groups -OCH3 is 1. The van der Waals surface area contributed by atoms with Crippen molar-refractivity contribution in [2.75, 3.05) is 7.11 Å². The summed E-state index contributed by atoms with van der Waals surface area (Å²) in [6.45, 7) is 3.49. The zero-order valence-corrected chi connectivity index (χ0v) is 19.3. The molecule has 1 N–H and O–H groups in total. The van der Waals surface area contributed by atoms with Crippen LogP contribution < -0.4 is 10.3 Å². The van der Waals surface area contributed by atoms with E-state index < -0.39 is 0 Å². The Labute approximate surface area is 197 Å². The average molecular weight is 452 g/mol. The first-order valence-corrected chi connectivity index (χ1v) is 11.2. The number of pyridine rings is 1. The molecule has 1 aliphatic heterocycles. The SMILES string of the molecule is COc1ccc(C2CC(c3c(-c4ccccc4)c4ccc(C)cc4[nH]c3=O)=NN2C(C)=O)cc1. The third-order valence-electron chi connectivity index (χ3n) is 6.25. The molecule has 0 spiro atoms. The van der Waals surface area contributed by atoms with Crippen LogP contribution >= 0.6 is 0 Å². The van der Waals surface area contributed by atoms with E-state index >= 15 is 0 Å². The smallest absolute Gasteiger partial charge is 0.258 e. The number of carbonyl (C=O) groups excluding carboxylic acids is 1. The van der Waals surface area contributed by atoms with Crippen LogP contribution in [0.2, 0.25) is 0 Å². The largest absolute Gasteiger partial charge is 0.497 e. The number of nitrogens with one attached hydrogen (secondary N) is 1. The van der Waals surface area contributed by atoms with Crippen LogP contribution in [0.5, 0.6) is 5.75 Å². The summed E-state index contributed by atoms with van der Waals surface area (Å²) < 4.78 is 5.27. The highest BCUT2D eigenvalue weighted by molar-refractivity contribution is 6.12. The molecule has 3 aromatic carbocycles. The second kappa shape index (κ2) is 8.63. The molecule has 1 aromatic heterocycles. The van der Waals surface area contributed by atoms with Gasteiger partial charge in [0.05, 0.1) is 24.4 Å². The Kier molecular flexibility index (Phi) is 5.49. The fourth-order valence-corrected chi connectivity index (χ4v) is 4.63. The van der Waals surface area contributed by atoms with Crippen LogP contribution in [0.15, 0.2) is 82.7 Å². The van der Waals surface area contributed by atoms with E-state index in [9.17, 15) is 9.59 Å². The Hall–Kier alpha value is -4.19. The summed E-state index contributed by atoms with van der Waals surface area (Å²) in [4.78, 5) is 29.0. The van der Waals surface area contributed by atoms with Gasteiger partial charge in [0, 0.05) is 29.8 Å². The molecule has 0 saturated heterocycles. The minimum atomic E-state index is -0.296. The normalized spacial score (nSPS) is 15.4. The van der Waals surface area contributed by atoms with Gasteiger partial charge in [0.2, 0.25) is 5.91 Å². The summed E-state index contributed by atoms with van der Waals surface area (Å²) >= 11 is 0. The van der Waals surface area contributed by atoms with E-state index in [1.807, 2.05) is 79.7 Å². The van der Waals surface area contributed by atoms with E-state index in [-0.39, 0.29) is 17.5 Å². The van der Waals surface area contributed by atoms with Crippen molar-refractivity contribution in [3.05, 3.63) is 99.8 Å². The van der Waals surface area contributed by atoms with Gasteiger partial charge in [-0.1, -0.05) is 54.6 Å². The van der Waals surface area contributed by atoms with E-state index in [2.05, 4.69) is 10.1 Å². The molecule has 0 saturated carbocycles. The Morgan fingerprint density at radius 1 is 1.03 bits per heavy atom. The topological polar surface area (TPSA) is 74.8 Å². The number of amides is 1. The first-order chi connectivity index (χ1) is 16.5. The van der Waals surface area contributed by atoms with E-state index in [1.54, 1.807) is 7.11 Å². The number of hydrazone groups is 1. The molecule has 6 heteroatoms. The third kappa shape index (κ3) is 3.77. The number of ether oxygens (including phenoxy) is 1. The number of aryl methyl sites for hydroxylation is 1. The zero-order valence-electron chi connectivity index (χ0n) is 19.3. The number of rotatable bonds is 4. The molecule has 0 fully saturated rings. The number of hydrogen-bond acceptors (Lipinski definition) is 4. The molecule has 0 radical (unpaired) electrons. The fourth-order valence-electron chi connectivity index (χ4n) is 4.63. The summed E-state index contributed by atoms with van der Waals surface area (Å²) in [6, 6.07) is 23.2. The van der Waals surface area contributed by atoms with E-state index in [0.717, 1.165) is 38.9 Å². The van der Waals surface area contributed by atoms with Gasteiger partial charge in [0.15, 0.2) is 0 Å². The highest BCUT2D eigenvalue weighted by atomic mass is 16.5. The van der Waals surface area contributed by atoms with Crippen molar-refractivity contribution in [1.29, 1.82) is 0 Å². The molecule has 6 nitrogen and oxygen atoms in total. The molecule has 170 valence electrons. The van der Waals surface area contributed by atoms with Crippen LogP contribution in [0, 0.1) is 6.92 Å². The molecule has 0 bridgehead atoms. The van der Waals surface area contributed by atoms with Crippen LogP contribution in [-0.4, -0.2) is 28.7 Å². The molecular formula is C28H25N3O3. The zero-order chi connectivity index (χ0) is 23.8.